The van der Waals surface area contributed by atoms with E-state index in [1.54, 1.807) is 42.6 Å². The van der Waals surface area contributed by atoms with Gasteiger partial charge in [0.15, 0.2) is 5.76 Å². The first-order chi connectivity index (χ1) is 15.7. The Kier molecular flexibility index (Phi) is 6.79. The highest BCUT2D eigenvalue weighted by molar-refractivity contribution is 7.53. The molecule has 0 spiro atoms. The summed E-state index contributed by atoms with van der Waals surface area (Å²) in [6.45, 7) is 4.79. The van der Waals surface area contributed by atoms with E-state index in [0.29, 0.717) is 36.6 Å². The van der Waals surface area contributed by atoms with Gasteiger partial charge in [0, 0.05) is 28.7 Å². The van der Waals surface area contributed by atoms with Gasteiger partial charge in [0.1, 0.15) is 5.82 Å². The normalized spacial score (nSPS) is 16.9. The van der Waals surface area contributed by atoms with Crippen LogP contribution in [0.2, 0.25) is 0 Å². The van der Waals surface area contributed by atoms with Crippen molar-refractivity contribution >= 4 is 19.2 Å². The fourth-order valence-electron chi connectivity index (χ4n) is 3.38. The lowest BCUT2D eigenvalue weighted by atomic mass is 9.97. The average Bonchev–Trinajstić information content (AvgIpc) is 3.25. The molecule has 7 nitrogen and oxygen atoms in total. The van der Waals surface area contributed by atoms with Crippen molar-refractivity contribution in [2.45, 2.75) is 32.9 Å². The molecule has 1 aliphatic rings. The number of carbonyl (C=O) groups excluding carboxylic acids is 1. The number of carbonyl (C=O) groups is 1. The maximum absolute atomic E-state index is 13.2. The Morgan fingerprint density at radius 2 is 1.76 bits per heavy atom. The summed E-state index contributed by atoms with van der Waals surface area (Å²) >= 11 is 0. The Balaban J connectivity index is 1.30. The van der Waals surface area contributed by atoms with Crippen molar-refractivity contribution in [3.63, 3.8) is 0 Å². The highest BCUT2D eigenvalue weighted by Gasteiger charge is 2.36. The summed E-state index contributed by atoms with van der Waals surface area (Å²) in [7, 11) is -3.15. The van der Waals surface area contributed by atoms with E-state index in [1.165, 1.54) is 12.1 Å². The van der Waals surface area contributed by atoms with Gasteiger partial charge in [-0.3, -0.25) is 9.36 Å². The first-order valence-corrected chi connectivity index (χ1v) is 12.4. The highest BCUT2D eigenvalue weighted by Crippen LogP contribution is 2.56. The van der Waals surface area contributed by atoms with Crippen LogP contribution in [0.4, 0.5) is 10.1 Å². The van der Waals surface area contributed by atoms with Gasteiger partial charge < -0.3 is 18.9 Å². The molecule has 1 amide bonds. The minimum Gasteiger partial charge on any atom is -0.356 e. The molecule has 0 radical (unpaired) electrons. The maximum atomic E-state index is 13.2. The molecule has 0 bridgehead atoms. The minimum atomic E-state index is -3.15. The van der Waals surface area contributed by atoms with Crippen LogP contribution in [0, 0.1) is 11.2 Å². The predicted octanol–water partition coefficient (Wildman–Crippen LogP) is 5.82. The monoisotopic (exact) mass is 472 g/mol. The molecule has 1 saturated heterocycles. The molecule has 1 fully saturated rings. The van der Waals surface area contributed by atoms with E-state index in [4.69, 9.17) is 13.6 Å². The molecular weight excluding hydrogens is 446 g/mol. The van der Waals surface area contributed by atoms with E-state index >= 15 is 0 Å². The van der Waals surface area contributed by atoms with Gasteiger partial charge in [-0.15, -0.1) is 0 Å². The first kappa shape index (κ1) is 23.4. The average molecular weight is 472 g/mol. The van der Waals surface area contributed by atoms with Crippen LogP contribution in [0.15, 0.2) is 59.3 Å². The molecule has 3 aromatic rings. The Morgan fingerprint density at radius 1 is 1.09 bits per heavy atom. The van der Waals surface area contributed by atoms with Crippen LogP contribution in [0.1, 0.15) is 31.4 Å². The van der Waals surface area contributed by atoms with Crippen LogP contribution in [0.5, 0.6) is 0 Å². The largest absolute Gasteiger partial charge is 0.356 e. The molecule has 1 N–H and O–H groups in total. The van der Waals surface area contributed by atoms with E-state index in [1.807, 2.05) is 13.8 Å². The van der Waals surface area contributed by atoms with Crippen molar-refractivity contribution in [2.24, 2.45) is 5.41 Å². The summed E-state index contributed by atoms with van der Waals surface area (Å²) in [5, 5.41) is 6.66. The zero-order valence-electron chi connectivity index (χ0n) is 18.5. The smallest absolute Gasteiger partial charge is 0.335 e. The van der Waals surface area contributed by atoms with E-state index in [9.17, 15) is 13.8 Å². The maximum Gasteiger partial charge on any atom is 0.335 e. The fourth-order valence-corrected chi connectivity index (χ4v) is 5.39. The molecule has 174 valence electrons. The Bertz CT molecular complexity index is 1140. The van der Waals surface area contributed by atoms with Crippen LogP contribution in [-0.4, -0.2) is 24.3 Å². The number of anilines is 1. The molecule has 0 aliphatic carbocycles. The SMILES string of the molecule is CC1(C)COP(=O)(Cc2ccc(NC(=O)CCc3cnoc3-c3ccc(F)cc3)cc2)OC1. The molecule has 33 heavy (non-hydrogen) atoms. The van der Waals surface area contributed by atoms with Gasteiger partial charge in [-0.1, -0.05) is 31.1 Å². The molecule has 1 aromatic heterocycles. The van der Waals surface area contributed by atoms with Gasteiger partial charge in [0.25, 0.3) is 0 Å². The van der Waals surface area contributed by atoms with Gasteiger partial charge in [-0.05, 0) is 48.4 Å². The quantitative estimate of drug-likeness (QED) is 0.436. The molecule has 2 heterocycles. The molecule has 9 heteroatoms. The summed E-state index contributed by atoms with van der Waals surface area (Å²) in [6, 6.07) is 13.0. The summed E-state index contributed by atoms with van der Waals surface area (Å²) in [4.78, 5) is 12.4. The van der Waals surface area contributed by atoms with E-state index in [-0.39, 0.29) is 29.7 Å². The lowest BCUT2D eigenvalue weighted by Gasteiger charge is -2.34. The first-order valence-electron chi connectivity index (χ1n) is 10.7. The second kappa shape index (κ2) is 9.59. The summed E-state index contributed by atoms with van der Waals surface area (Å²) < 4.78 is 42.2. The molecule has 2 aromatic carbocycles. The molecule has 1 aliphatic heterocycles. The van der Waals surface area contributed by atoms with Crippen molar-refractivity contribution < 1.29 is 27.3 Å². The Labute approximate surface area is 191 Å². The van der Waals surface area contributed by atoms with Gasteiger partial charge >= 0.3 is 7.60 Å². The minimum absolute atomic E-state index is 0.144. The number of amides is 1. The van der Waals surface area contributed by atoms with Crippen molar-refractivity contribution in [3.05, 3.63) is 71.7 Å². The van der Waals surface area contributed by atoms with Crippen molar-refractivity contribution in [3.8, 4) is 11.3 Å². The predicted molar refractivity (Wildman–Crippen MR) is 122 cm³/mol. The Morgan fingerprint density at radius 3 is 2.42 bits per heavy atom. The molecule has 0 unspecified atom stereocenters. The molecule has 4 rings (SSSR count). The lowest BCUT2D eigenvalue weighted by Crippen LogP contribution is -2.29. The van der Waals surface area contributed by atoms with Crippen molar-refractivity contribution in [2.75, 3.05) is 18.5 Å². The van der Waals surface area contributed by atoms with Gasteiger partial charge in [-0.25, -0.2) is 4.39 Å². The van der Waals surface area contributed by atoms with Gasteiger partial charge in [0.05, 0.1) is 25.6 Å². The van der Waals surface area contributed by atoms with Gasteiger partial charge in [0.2, 0.25) is 5.91 Å². The zero-order valence-corrected chi connectivity index (χ0v) is 19.4. The third-order valence-corrected chi connectivity index (χ3v) is 7.09. The second-order valence-corrected chi connectivity index (χ2v) is 11.0. The number of benzene rings is 2. The topological polar surface area (TPSA) is 90.7 Å². The molecule has 0 saturated carbocycles. The fraction of sp³-hybridized carbons (Fsp3) is 0.333. The zero-order chi connectivity index (χ0) is 23.5. The van der Waals surface area contributed by atoms with E-state index in [2.05, 4.69) is 10.5 Å². The van der Waals surface area contributed by atoms with Crippen LogP contribution in [0.3, 0.4) is 0 Å². The van der Waals surface area contributed by atoms with Gasteiger partial charge in [-0.2, -0.15) is 0 Å². The number of aryl methyl sites for hydroxylation is 1. The summed E-state index contributed by atoms with van der Waals surface area (Å²) in [5.74, 6) is 0.0285. The van der Waals surface area contributed by atoms with Crippen molar-refractivity contribution in [1.82, 2.24) is 5.16 Å². The standard InChI is InChI=1S/C24H26FN2O5P/c1-24(2)15-30-33(29,31-16-24)14-17-3-10-21(11-4-17)27-22(28)12-7-19-13-26-32-23(19)18-5-8-20(25)9-6-18/h3-6,8-11,13H,7,12,14-16H2,1-2H3,(H,27,28). The third kappa shape index (κ3) is 6.16. The number of aromatic nitrogens is 1. The highest BCUT2D eigenvalue weighted by atomic mass is 31.2. The number of hydrogen-bond acceptors (Lipinski definition) is 6. The van der Waals surface area contributed by atoms with Crippen LogP contribution < -0.4 is 5.32 Å². The van der Waals surface area contributed by atoms with Crippen LogP contribution in [-0.2, 0) is 31.0 Å². The van der Waals surface area contributed by atoms with Crippen LogP contribution >= 0.6 is 7.60 Å². The summed E-state index contributed by atoms with van der Waals surface area (Å²) in [5.41, 5.74) is 2.77. The number of nitrogens with zero attached hydrogens (tertiary/aromatic N) is 1. The number of hydrogen-bond donors (Lipinski definition) is 1. The van der Waals surface area contributed by atoms with Crippen molar-refractivity contribution in [1.29, 1.82) is 0 Å². The number of rotatable bonds is 7. The lowest BCUT2D eigenvalue weighted by molar-refractivity contribution is -0.116. The Hall–Kier alpha value is -2.80. The number of nitrogens with one attached hydrogen (secondary N) is 1. The molecule has 0 atom stereocenters. The van der Waals surface area contributed by atoms with E-state index in [0.717, 1.165) is 11.1 Å². The molecular formula is C24H26FN2O5P. The third-order valence-electron chi connectivity index (χ3n) is 5.29. The number of halogens is 1. The summed E-state index contributed by atoms with van der Waals surface area (Å²) in [6.07, 6.45) is 2.41. The van der Waals surface area contributed by atoms with E-state index < -0.39 is 7.60 Å². The van der Waals surface area contributed by atoms with Crippen LogP contribution in [0.25, 0.3) is 11.3 Å². The second-order valence-electron chi connectivity index (χ2n) is 8.91.